The van der Waals surface area contributed by atoms with Gasteiger partial charge in [0, 0.05) is 13.1 Å². The van der Waals surface area contributed by atoms with Crippen LogP contribution in [0.15, 0.2) is 0 Å². The molecule has 1 rings (SSSR count). The molecule has 1 fully saturated rings. The second kappa shape index (κ2) is 6.13. The molecule has 1 atom stereocenters. The average molecular weight is 276 g/mol. The van der Waals surface area contributed by atoms with Crippen LogP contribution in [0.25, 0.3) is 0 Å². The summed E-state index contributed by atoms with van der Waals surface area (Å²) in [7, 11) is -3.57. The van der Waals surface area contributed by atoms with E-state index in [-0.39, 0.29) is 25.8 Å². The minimum Gasteiger partial charge on any atom is -0.480 e. The van der Waals surface area contributed by atoms with Gasteiger partial charge in [0.1, 0.15) is 6.61 Å². The van der Waals surface area contributed by atoms with E-state index in [1.54, 1.807) is 6.07 Å². The highest BCUT2D eigenvalue weighted by Gasteiger charge is 2.32. The van der Waals surface area contributed by atoms with Gasteiger partial charge < -0.3 is 9.84 Å². The summed E-state index contributed by atoms with van der Waals surface area (Å²) < 4.78 is 30.1. The first-order valence-corrected chi connectivity index (χ1v) is 7.10. The molecule has 102 valence electrons. The quantitative estimate of drug-likeness (QED) is 0.744. The van der Waals surface area contributed by atoms with Gasteiger partial charge in [-0.3, -0.25) is 0 Å². The summed E-state index contributed by atoms with van der Waals surface area (Å²) in [5.74, 6) is -1.04. The maximum atomic E-state index is 11.9. The Labute approximate surface area is 106 Å². The highest BCUT2D eigenvalue weighted by Crippen LogP contribution is 2.19. The first-order chi connectivity index (χ1) is 8.37. The predicted octanol–water partition coefficient (Wildman–Crippen LogP) is -0.206. The highest BCUT2D eigenvalue weighted by molar-refractivity contribution is 7.89. The summed E-state index contributed by atoms with van der Waals surface area (Å²) in [6.45, 7) is 1.51. The van der Waals surface area contributed by atoms with Crippen molar-refractivity contribution in [3.8, 4) is 6.07 Å². The number of carboxylic acid groups (broad SMARTS) is 1. The van der Waals surface area contributed by atoms with Crippen LogP contribution in [0.3, 0.4) is 0 Å². The van der Waals surface area contributed by atoms with E-state index in [4.69, 9.17) is 15.1 Å². The van der Waals surface area contributed by atoms with Crippen molar-refractivity contribution >= 4 is 16.0 Å². The monoisotopic (exact) mass is 276 g/mol. The third-order valence-corrected chi connectivity index (χ3v) is 4.92. The molecule has 1 N–H and O–H groups in total. The molecule has 1 heterocycles. The van der Waals surface area contributed by atoms with Gasteiger partial charge in [0.05, 0.1) is 12.2 Å². The first kappa shape index (κ1) is 14.9. The number of rotatable bonds is 5. The van der Waals surface area contributed by atoms with Crippen LogP contribution in [-0.4, -0.2) is 54.8 Å². The number of aliphatic carboxylic acids is 1. The third-order valence-electron chi connectivity index (χ3n) is 2.83. The number of hydrogen-bond acceptors (Lipinski definition) is 5. The molecule has 0 aromatic heterocycles. The van der Waals surface area contributed by atoms with E-state index < -0.39 is 21.2 Å². The predicted molar refractivity (Wildman–Crippen MR) is 62.2 cm³/mol. The molecule has 0 aliphatic carbocycles. The zero-order chi connectivity index (χ0) is 13.8. The van der Waals surface area contributed by atoms with Gasteiger partial charge in [-0.2, -0.15) is 5.26 Å². The molecule has 7 nitrogen and oxygen atoms in total. The molecule has 0 aromatic rings. The van der Waals surface area contributed by atoms with Gasteiger partial charge in [-0.15, -0.1) is 0 Å². The second-order valence-corrected chi connectivity index (χ2v) is 6.37. The van der Waals surface area contributed by atoms with E-state index in [0.29, 0.717) is 12.8 Å². The molecular formula is C10H16N2O5S. The molecule has 0 spiro atoms. The molecule has 1 aliphatic rings. The number of piperidine rings is 1. The fourth-order valence-electron chi connectivity index (χ4n) is 1.73. The molecule has 18 heavy (non-hydrogen) atoms. The second-order valence-electron chi connectivity index (χ2n) is 4.12. The van der Waals surface area contributed by atoms with Crippen LogP contribution in [0.5, 0.6) is 0 Å². The zero-order valence-electron chi connectivity index (χ0n) is 10.1. The summed E-state index contributed by atoms with van der Waals surface area (Å²) >= 11 is 0. The Hall–Kier alpha value is -1.17. The van der Waals surface area contributed by atoms with E-state index in [9.17, 15) is 13.2 Å². The van der Waals surface area contributed by atoms with Crippen molar-refractivity contribution in [3.05, 3.63) is 0 Å². The number of nitrogens with zero attached hydrogens (tertiary/aromatic N) is 2. The number of nitriles is 1. The first-order valence-electron chi connectivity index (χ1n) is 5.60. The SMILES string of the molecule is CC(C#N)S(=O)(=O)N1CCC(OCC(=O)O)CC1. The molecule has 0 bridgehead atoms. The Morgan fingerprint density at radius 1 is 1.56 bits per heavy atom. The third kappa shape index (κ3) is 3.66. The Kier molecular flexibility index (Phi) is 5.07. The van der Waals surface area contributed by atoms with Crippen LogP contribution in [0.2, 0.25) is 0 Å². The number of hydrogen-bond donors (Lipinski definition) is 1. The number of carbonyl (C=O) groups is 1. The van der Waals surface area contributed by atoms with Crippen LogP contribution in [0.1, 0.15) is 19.8 Å². The average Bonchev–Trinajstić information content (AvgIpc) is 2.35. The van der Waals surface area contributed by atoms with Crippen LogP contribution < -0.4 is 0 Å². The minimum absolute atomic E-state index is 0.232. The maximum Gasteiger partial charge on any atom is 0.329 e. The minimum atomic E-state index is -3.57. The number of ether oxygens (including phenoxy) is 1. The summed E-state index contributed by atoms with van der Waals surface area (Å²) in [5, 5.41) is 16.1. The molecular weight excluding hydrogens is 260 g/mol. The van der Waals surface area contributed by atoms with Crippen molar-refractivity contribution in [2.24, 2.45) is 0 Å². The van der Waals surface area contributed by atoms with Crippen molar-refractivity contribution in [3.63, 3.8) is 0 Å². The van der Waals surface area contributed by atoms with Crippen molar-refractivity contribution < 1.29 is 23.1 Å². The Morgan fingerprint density at radius 3 is 2.56 bits per heavy atom. The van der Waals surface area contributed by atoms with Gasteiger partial charge in [0.2, 0.25) is 10.0 Å². The zero-order valence-corrected chi connectivity index (χ0v) is 10.9. The smallest absolute Gasteiger partial charge is 0.329 e. The summed E-state index contributed by atoms with van der Waals surface area (Å²) in [6.07, 6.45) is 0.667. The lowest BCUT2D eigenvalue weighted by Crippen LogP contribution is -2.44. The van der Waals surface area contributed by atoms with E-state index in [0.717, 1.165) is 0 Å². The fraction of sp³-hybridized carbons (Fsp3) is 0.800. The Balaban J connectivity index is 2.49. The van der Waals surface area contributed by atoms with Gasteiger partial charge in [-0.1, -0.05) is 0 Å². The van der Waals surface area contributed by atoms with Gasteiger partial charge in [0.15, 0.2) is 5.25 Å². The molecule has 0 saturated carbocycles. The Bertz CT molecular complexity index is 434. The van der Waals surface area contributed by atoms with Crippen LogP contribution >= 0.6 is 0 Å². The Morgan fingerprint density at radius 2 is 2.11 bits per heavy atom. The number of sulfonamides is 1. The lowest BCUT2D eigenvalue weighted by molar-refractivity contribution is -0.145. The van der Waals surface area contributed by atoms with Gasteiger partial charge in [0.25, 0.3) is 0 Å². The topological polar surface area (TPSA) is 108 Å². The van der Waals surface area contributed by atoms with E-state index in [2.05, 4.69) is 0 Å². The van der Waals surface area contributed by atoms with Crippen molar-refractivity contribution in [2.45, 2.75) is 31.1 Å². The number of carboxylic acids is 1. The summed E-state index contributed by atoms with van der Waals surface area (Å²) in [6, 6.07) is 1.72. The van der Waals surface area contributed by atoms with E-state index >= 15 is 0 Å². The van der Waals surface area contributed by atoms with Crippen LogP contribution in [-0.2, 0) is 19.6 Å². The van der Waals surface area contributed by atoms with Gasteiger partial charge >= 0.3 is 5.97 Å². The summed E-state index contributed by atoms with van der Waals surface area (Å²) in [4.78, 5) is 10.3. The highest BCUT2D eigenvalue weighted by atomic mass is 32.2. The van der Waals surface area contributed by atoms with Crippen molar-refractivity contribution in [1.29, 1.82) is 5.26 Å². The van der Waals surface area contributed by atoms with Crippen molar-refractivity contribution in [2.75, 3.05) is 19.7 Å². The molecule has 1 aliphatic heterocycles. The van der Waals surface area contributed by atoms with Crippen LogP contribution in [0, 0.1) is 11.3 Å². The standard InChI is InChI=1S/C10H16N2O5S/c1-8(6-11)18(15,16)12-4-2-9(3-5-12)17-7-10(13)14/h8-9H,2-5,7H2,1H3,(H,13,14). The lowest BCUT2D eigenvalue weighted by Gasteiger charge is -2.31. The van der Waals surface area contributed by atoms with Crippen LogP contribution in [0.4, 0.5) is 0 Å². The van der Waals surface area contributed by atoms with E-state index in [1.165, 1.54) is 11.2 Å². The molecule has 0 aromatic carbocycles. The summed E-state index contributed by atoms with van der Waals surface area (Å²) in [5.41, 5.74) is 0. The molecule has 8 heteroatoms. The van der Waals surface area contributed by atoms with Crippen molar-refractivity contribution in [1.82, 2.24) is 4.31 Å². The van der Waals surface area contributed by atoms with E-state index in [1.807, 2.05) is 0 Å². The van der Waals surface area contributed by atoms with Gasteiger partial charge in [-0.05, 0) is 19.8 Å². The maximum absolute atomic E-state index is 11.9. The molecule has 0 radical (unpaired) electrons. The largest absolute Gasteiger partial charge is 0.480 e. The molecule has 0 amide bonds. The van der Waals surface area contributed by atoms with Gasteiger partial charge in [-0.25, -0.2) is 17.5 Å². The fourth-order valence-corrected chi connectivity index (χ4v) is 3.03. The molecule has 1 saturated heterocycles. The normalized spacial score (nSPS) is 20.2. The molecule has 1 unspecified atom stereocenters. The lowest BCUT2D eigenvalue weighted by atomic mass is 10.1.